The SMILES string of the molecule is Brc1ccc2c(c1)c1ccccc1n2-c1cccc(-c2nc(-c3ccccc3)nc(-c3ccccc3)n2)c1.Brc1ccc2c(c1)c1ccccc1n2-c1nc(-c2ccccc2)c2ccccc2n1. The molecule has 0 unspecified atom stereocenters. The Balaban J connectivity index is 0.000000145. The predicted octanol–water partition coefficient (Wildman–Crippen LogP) is 15.9. The van der Waals surface area contributed by atoms with Crippen LogP contribution in [0.5, 0.6) is 0 Å². The van der Waals surface area contributed by atoms with Crippen LogP contribution >= 0.6 is 31.9 Å². The van der Waals surface area contributed by atoms with E-state index in [1.54, 1.807) is 0 Å². The molecule has 0 bridgehead atoms. The van der Waals surface area contributed by atoms with Crippen molar-refractivity contribution in [3.63, 3.8) is 0 Å². The second-order valence-corrected chi connectivity index (χ2v) is 18.2. The van der Waals surface area contributed by atoms with Gasteiger partial charge in [0.05, 0.1) is 33.3 Å². The maximum absolute atomic E-state index is 5.08. The van der Waals surface area contributed by atoms with Gasteiger partial charge >= 0.3 is 0 Å². The highest BCUT2D eigenvalue weighted by Crippen LogP contribution is 2.37. The lowest BCUT2D eigenvalue weighted by Crippen LogP contribution is -2.03. The van der Waals surface area contributed by atoms with Crippen molar-refractivity contribution in [2.24, 2.45) is 0 Å². The summed E-state index contributed by atoms with van der Waals surface area (Å²) < 4.78 is 6.59. The summed E-state index contributed by atoms with van der Waals surface area (Å²) in [5, 5.41) is 5.84. The van der Waals surface area contributed by atoms with Crippen LogP contribution in [-0.4, -0.2) is 34.1 Å². The van der Waals surface area contributed by atoms with Crippen LogP contribution in [0, 0.1) is 0 Å². The number of benzene rings is 9. The number of nitrogens with zero attached hydrogens (tertiary/aromatic N) is 7. The Bertz CT molecular complexity index is 3940. The molecule has 0 saturated heterocycles. The summed E-state index contributed by atoms with van der Waals surface area (Å²) in [7, 11) is 0. The largest absolute Gasteiger partial charge is 0.309 e. The van der Waals surface area contributed by atoms with E-state index >= 15 is 0 Å². The van der Waals surface area contributed by atoms with E-state index < -0.39 is 0 Å². The summed E-state index contributed by atoms with van der Waals surface area (Å²) in [5.41, 5.74) is 11.4. The molecule has 0 spiro atoms. The first-order valence-corrected chi connectivity index (χ1v) is 23.8. The Hall–Kier alpha value is -8.11. The van der Waals surface area contributed by atoms with Gasteiger partial charge in [0.2, 0.25) is 5.95 Å². The minimum absolute atomic E-state index is 0.642. The fraction of sp³-hybridized carbons (Fsp3) is 0. The summed E-state index contributed by atoms with van der Waals surface area (Å²) >= 11 is 7.26. The van der Waals surface area contributed by atoms with E-state index in [0.717, 1.165) is 75.6 Å². The van der Waals surface area contributed by atoms with Crippen LogP contribution in [0.25, 0.3) is 112 Å². The number of para-hydroxylation sites is 3. The van der Waals surface area contributed by atoms with E-state index in [4.69, 9.17) is 24.9 Å². The van der Waals surface area contributed by atoms with Crippen molar-refractivity contribution >= 4 is 86.4 Å². The lowest BCUT2D eigenvalue weighted by molar-refractivity contribution is 1.01. The smallest absolute Gasteiger partial charge is 0.235 e. The quantitative estimate of drug-likeness (QED) is 0.166. The zero-order valence-electron chi connectivity index (χ0n) is 36.2. The molecule has 9 heteroatoms. The maximum atomic E-state index is 5.08. The molecule has 0 amide bonds. The highest BCUT2D eigenvalue weighted by atomic mass is 79.9. The van der Waals surface area contributed by atoms with Gasteiger partial charge in [0, 0.05) is 63.8 Å². The number of hydrogen-bond acceptors (Lipinski definition) is 5. The Morgan fingerprint density at radius 3 is 1.32 bits per heavy atom. The second-order valence-electron chi connectivity index (χ2n) is 16.4. The molecule has 0 saturated carbocycles. The van der Waals surface area contributed by atoms with Crippen LogP contribution in [0.15, 0.2) is 233 Å². The minimum Gasteiger partial charge on any atom is -0.309 e. The molecule has 0 aliphatic rings. The summed E-state index contributed by atoms with van der Waals surface area (Å²) in [4.78, 5) is 24.7. The normalized spacial score (nSPS) is 11.4. The molecule has 322 valence electrons. The zero-order valence-corrected chi connectivity index (χ0v) is 39.4. The Morgan fingerprint density at radius 2 is 0.735 bits per heavy atom. The molecular formula is C59H37Br2N7. The van der Waals surface area contributed by atoms with Gasteiger partial charge in [0.25, 0.3) is 0 Å². The lowest BCUT2D eigenvalue weighted by atomic mass is 10.1. The number of halogens is 2. The van der Waals surface area contributed by atoms with Crippen molar-refractivity contribution < 1.29 is 0 Å². The molecule has 0 radical (unpaired) electrons. The van der Waals surface area contributed by atoms with Gasteiger partial charge in [0.15, 0.2) is 17.5 Å². The standard InChI is InChI=1S/C33H21BrN4.C26H16BrN3/c34-25-18-19-30-28(21-25)27-16-7-8-17-29(27)38(30)26-15-9-14-24(20-26)33-36-31(22-10-3-1-4-11-22)35-32(37-33)23-12-5-2-6-13-23;27-18-14-15-24-21(16-18)19-10-5-7-13-23(19)30(24)26-28-22-12-6-4-11-20(22)25(29-26)17-8-2-1-3-9-17/h1-21H;1-16H. The monoisotopic (exact) mass is 1000 g/mol. The Labute approximate surface area is 408 Å². The third kappa shape index (κ3) is 7.61. The van der Waals surface area contributed by atoms with Crippen molar-refractivity contribution in [1.29, 1.82) is 0 Å². The average molecular weight is 1000 g/mol. The van der Waals surface area contributed by atoms with Gasteiger partial charge in [-0.15, -0.1) is 0 Å². The molecule has 0 N–H and O–H groups in total. The van der Waals surface area contributed by atoms with Crippen LogP contribution < -0.4 is 0 Å². The van der Waals surface area contributed by atoms with Gasteiger partial charge in [-0.2, -0.15) is 0 Å². The van der Waals surface area contributed by atoms with E-state index in [9.17, 15) is 0 Å². The predicted molar refractivity (Wildman–Crippen MR) is 285 cm³/mol. The molecule has 7 nitrogen and oxygen atoms in total. The molecule has 0 fully saturated rings. The fourth-order valence-electron chi connectivity index (χ4n) is 9.09. The van der Waals surface area contributed by atoms with Gasteiger partial charge in [-0.1, -0.05) is 190 Å². The van der Waals surface area contributed by atoms with Crippen molar-refractivity contribution in [2.75, 3.05) is 0 Å². The maximum Gasteiger partial charge on any atom is 0.235 e. The van der Waals surface area contributed by atoms with E-state index in [1.807, 2.05) is 91.0 Å². The molecule has 0 atom stereocenters. The van der Waals surface area contributed by atoms with Crippen LogP contribution in [0.4, 0.5) is 0 Å². The molecule has 13 aromatic rings. The highest BCUT2D eigenvalue weighted by molar-refractivity contribution is 9.10. The lowest BCUT2D eigenvalue weighted by Gasteiger charge is -2.11. The minimum atomic E-state index is 0.642. The first-order valence-electron chi connectivity index (χ1n) is 22.2. The Morgan fingerprint density at radius 1 is 0.294 bits per heavy atom. The van der Waals surface area contributed by atoms with Gasteiger partial charge in [0.1, 0.15) is 0 Å². The van der Waals surface area contributed by atoms with E-state index in [1.165, 1.54) is 21.5 Å². The first-order chi connectivity index (χ1) is 33.5. The topological polar surface area (TPSA) is 74.3 Å². The molecule has 4 heterocycles. The third-order valence-electron chi connectivity index (χ3n) is 12.2. The number of rotatable bonds is 6. The van der Waals surface area contributed by atoms with Crippen LogP contribution in [-0.2, 0) is 0 Å². The molecule has 0 aliphatic carbocycles. The zero-order chi connectivity index (χ0) is 45.6. The first kappa shape index (κ1) is 41.3. The third-order valence-corrected chi connectivity index (χ3v) is 13.2. The summed E-state index contributed by atoms with van der Waals surface area (Å²) in [6, 6.07) is 76.8. The molecule has 68 heavy (non-hydrogen) atoms. The van der Waals surface area contributed by atoms with Gasteiger partial charge in [-0.3, -0.25) is 4.57 Å². The van der Waals surface area contributed by atoms with E-state index in [0.29, 0.717) is 23.4 Å². The highest BCUT2D eigenvalue weighted by Gasteiger charge is 2.19. The number of aromatic nitrogens is 7. The second kappa shape index (κ2) is 17.6. The van der Waals surface area contributed by atoms with Gasteiger partial charge in [-0.25, -0.2) is 24.9 Å². The molecule has 4 aromatic heterocycles. The fourth-order valence-corrected chi connectivity index (χ4v) is 9.81. The van der Waals surface area contributed by atoms with Crippen molar-refractivity contribution in [3.05, 3.63) is 233 Å². The van der Waals surface area contributed by atoms with Gasteiger partial charge < -0.3 is 4.57 Å². The van der Waals surface area contributed by atoms with Crippen molar-refractivity contribution in [2.45, 2.75) is 0 Å². The van der Waals surface area contributed by atoms with Crippen LogP contribution in [0.3, 0.4) is 0 Å². The molecule has 13 rings (SSSR count). The van der Waals surface area contributed by atoms with Crippen LogP contribution in [0.1, 0.15) is 0 Å². The molecule has 0 aliphatic heterocycles. The number of fused-ring (bicyclic) bond motifs is 7. The van der Waals surface area contributed by atoms with E-state index in [-0.39, 0.29) is 0 Å². The summed E-state index contributed by atoms with van der Waals surface area (Å²) in [5.74, 6) is 2.63. The van der Waals surface area contributed by atoms with Crippen LogP contribution in [0.2, 0.25) is 0 Å². The summed E-state index contributed by atoms with van der Waals surface area (Å²) in [6.45, 7) is 0. The van der Waals surface area contributed by atoms with Crippen molar-refractivity contribution in [1.82, 2.24) is 34.1 Å². The summed E-state index contributed by atoms with van der Waals surface area (Å²) in [6.07, 6.45) is 0. The van der Waals surface area contributed by atoms with E-state index in [2.05, 4.69) is 174 Å². The number of hydrogen-bond donors (Lipinski definition) is 0. The van der Waals surface area contributed by atoms with Gasteiger partial charge in [-0.05, 0) is 66.7 Å². The Kier molecular flexibility index (Phi) is 10.7. The molecule has 9 aromatic carbocycles. The molecular weight excluding hydrogens is 967 g/mol. The average Bonchev–Trinajstić information content (AvgIpc) is 3.91. The van der Waals surface area contributed by atoms with Crippen molar-refractivity contribution in [3.8, 4) is 57.1 Å².